The lowest BCUT2D eigenvalue weighted by Crippen LogP contribution is -2.37. The summed E-state index contributed by atoms with van der Waals surface area (Å²) in [4.78, 5) is 23.4. The van der Waals surface area contributed by atoms with Gasteiger partial charge in [0.15, 0.2) is 0 Å². The van der Waals surface area contributed by atoms with Crippen molar-refractivity contribution < 1.29 is 14.3 Å². The van der Waals surface area contributed by atoms with Gasteiger partial charge in [-0.2, -0.15) is 0 Å². The Labute approximate surface area is 124 Å². The largest absolute Gasteiger partial charge is 0.375 e. The lowest BCUT2D eigenvalue weighted by atomic mass is 9.99. The lowest BCUT2D eigenvalue weighted by molar-refractivity contribution is -0.120. The molecule has 1 saturated heterocycles. The minimum Gasteiger partial charge on any atom is -0.375 e. The van der Waals surface area contributed by atoms with E-state index in [0.717, 1.165) is 31.6 Å². The van der Waals surface area contributed by atoms with Crippen molar-refractivity contribution in [3.63, 3.8) is 0 Å². The highest BCUT2D eigenvalue weighted by Gasteiger charge is 2.20. The molecule has 6 heteroatoms. The van der Waals surface area contributed by atoms with Gasteiger partial charge >= 0.3 is 0 Å². The zero-order valence-corrected chi connectivity index (χ0v) is 12.1. The fourth-order valence-electron chi connectivity index (χ4n) is 2.28. The Morgan fingerprint density at radius 2 is 1.90 bits per heavy atom. The van der Waals surface area contributed by atoms with Crippen LogP contribution in [0.3, 0.4) is 0 Å². The van der Waals surface area contributed by atoms with E-state index in [2.05, 4.69) is 16.0 Å². The first kappa shape index (κ1) is 15.5. The van der Waals surface area contributed by atoms with Gasteiger partial charge in [-0.3, -0.25) is 9.59 Å². The van der Waals surface area contributed by atoms with Crippen LogP contribution in [0.15, 0.2) is 24.3 Å². The van der Waals surface area contributed by atoms with Crippen LogP contribution in [0.2, 0.25) is 0 Å². The summed E-state index contributed by atoms with van der Waals surface area (Å²) in [5.41, 5.74) is 1.41. The normalized spacial score (nSPS) is 18.0. The van der Waals surface area contributed by atoms with Crippen LogP contribution in [0, 0.1) is 5.92 Å². The maximum atomic E-state index is 12.1. The van der Waals surface area contributed by atoms with Crippen LogP contribution in [-0.4, -0.2) is 38.6 Å². The summed E-state index contributed by atoms with van der Waals surface area (Å²) in [6.07, 6.45) is 1.95. The SMILES string of the molecule is COCC(=O)Nc1ccc(NC(=O)[C@H]2CCCNC2)cc1. The average Bonchev–Trinajstić information content (AvgIpc) is 2.50. The van der Waals surface area contributed by atoms with Gasteiger partial charge in [-0.1, -0.05) is 0 Å². The maximum absolute atomic E-state index is 12.1. The number of hydrogen-bond acceptors (Lipinski definition) is 4. The molecule has 0 spiro atoms. The van der Waals surface area contributed by atoms with E-state index in [0.29, 0.717) is 5.69 Å². The van der Waals surface area contributed by atoms with E-state index in [9.17, 15) is 9.59 Å². The summed E-state index contributed by atoms with van der Waals surface area (Å²) in [5.74, 6) is -0.138. The van der Waals surface area contributed by atoms with Gasteiger partial charge in [0, 0.05) is 25.0 Å². The first-order valence-corrected chi connectivity index (χ1v) is 7.09. The van der Waals surface area contributed by atoms with Crippen molar-refractivity contribution in [3.8, 4) is 0 Å². The topological polar surface area (TPSA) is 79.5 Å². The molecule has 1 aromatic carbocycles. The van der Waals surface area contributed by atoms with Crippen molar-refractivity contribution in [1.29, 1.82) is 0 Å². The van der Waals surface area contributed by atoms with E-state index in [4.69, 9.17) is 4.74 Å². The van der Waals surface area contributed by atoms with Gasteiger partial charge in [0.05, 0.1) is 5.92 Å². The van der Waals surface area contributed by atoms with Gasteiger partial charge in [0.1, 0.15) is 6.61 Å². The number of carbonyl (C=O) groups excluding carboxylic acids is 2. The number of rotatable bonds is 5. The van der Waals surface area contributed by atoms with Crippen LogP contribution in [0.1, 0.15) is 12.8 Å². The second-order valence-electron chi connectivity index (χ2n) is 5.09. The fourth-order valence-corrected chi connectivity index (χ4v) is 2.28. The Bertz CT molecular complexity index is 481. The van der Waals surface area contributed by atoms with E-state index in [1.165, 1.54) is 7.11 Å². The molecule has 1 fully saturated rings. The highest BCUT2D eigenvalue weighted by atomic mass is 16.5. The molecular weight excluding hydrogens is 270 g/mol. The molecule has 6 nitrogen and oxygen atoms in total. The van der Waals surface area contributed by atoms with Crippen molar-refractivity contribution in [2.75, 3.05) is 37.4 Å². The van der Waals surface area contributed by atoms with Crippen molar-refractivity contribution in [3.05, 3.63) is 24.3 Å². The summed E-state index contributed by atoms with van der Waals surface area (Å²) >= 11 is 0. The predicted molar refractivity (Wildman–Crippen MR) is 81.2 cm³/mol. The molecule has 0 aromatic heterocycles. The third-order valence-electron chi connectivity index (χ3n) is 3.38. The Hall–Kier alpha value is -1.92. The Balaban J connectivity index is 1.86. The average molecular weight is 291 g/mol. The van der Waals surface area contributed by atoms with E-state index >= 15 is 0 Å². The number of piperidine rings is 1. The Morgan fingerprint density at radius 1 is 1.24 bits per heavy atom. The van der Waals surface area contributed by atoms with Crippen LogP contribution in [0.25, 0.3) is 0 Å². The molecule has 0 saturated carbocycles. The van der Waals surface area contributed by atoms with E-state index < -0.39 is 0 Å². The van der Waals surface area contributed by atoms with Gasteiger partial charge < -0.3 is 20.7 Å². The first-order chi connectivity index (χ1) is 10.2. The van der Waals surface area contributed by atoms with Crippen LogP contribution in [-0.2, 0) is 14.3 Å². The first-order valence-electron chi connectivity index (χ1n) is 7.09. The number of carbonyl (C=O) groups is 2. The summed E-state index contributed by atoms with van der Waals surface area (Å²) in [7, 11) is 1.47. The Kier molecular flexibility index (Phi) is 5.71. The number of methoxy groups -OCH3 is 1. The molecule has 1 aliphatic rings. The lowest BCUT2D eigenvalue weighted by Gasteiger charge is -2.21. The number of hydrogen-bond donors (Lipinski definition) is 3. The van der Waals surface area contributed by atoms with E-state index in [-0.39, 0.29) is 24.3 Å². The molecule has 1 heterocycles. The van der Waals surface area contributed by atoms with Crippen LogP contribution in [0.4, 0.5) is 11.4 Å². The van der Waals surface area contributed by atoms with Crippen molar-refractivity contribution >= 4 is 23.2 Å². The van der Waals surface area contributed by atoms with Crippen LogP contribution >= 0.6 is 0 Å². The van der Waals surface area contributed by atoms with Crippen molar-refractivity contribution in [1.82, 2.24) is 5.32 Å². The number of nitrogens with one attached hydrogen (secondary N) is 3. The predicted octanol–water partition coefficient (Wildman–Crippen LogP) is 1.21. The van der Waals surface area contributed by atoms with Gasteiger partial charge in [-0.05, 0) is 43.7 Å². The van der Waals surface area contributed by atoms with Gasteiger partial charge in [-0.15, -0.1) is 0 Å². The smallest absolute Gasteiger partial charge is 0.250 e. The van der Waals surface area contributed by atoms with Gasteiger partial charge in [0.25, 0.3) is 0 Å². The molecule has 1 atom stereocenters. The fraction of sp³-hybridized carbons (Fsp3) is 0.467. The zero-order chi connectivity index (χ0) is 15.1. The molecular formula is C15H21N3O3. The second kappa shape index (κ2) is 7.75. The standard InChI is InChI=1S/C15H21N3O3/c1-21-10-14(19)17-12-4-6-13(7-5-12)18-15(20)11-3-2-8-16-9-11/h4-7,11,16H,2-3,8-10H2,1H3,(H,17,19)(H,18,20)/t11-/m0/s1. The quantitative estimate of drug-likeness (QED) is 0.762. The molecule has 0 radical (unpaired) electrons. The van der Waals surface area contributed by atoms with Gasteiger partial charge in [0.2, 0.25) is 11.8 Å². The van der Waals surface area contributed by atoms with Gasteiger partial charge in [-0.25, -0.2) is 0 Å². The van der Waals surface area contributed by atoms with E-state index in [1.54, 1.807) is 24.3 Å². The minimum absolute atomic E-state index is 0.0210. The summed E-state index contributed by atoms with van der Waals surface area (Å²) < 4.78 is 4.74. The summed E-state index contributed by atoms with van der Waals surface area (Å²) in [5, 5.41) is 8.83. The minimum atomic E-state index is -0.206. The highest BCUT2D eigenvalue weighted by Crippen LogP contribution is 2.16. The van der Waals surface area contributed by atoms with E-state index in [1.807, 2.05) is 0 Å². The molecule has 21 heavy (non-hydrogen) atoms. The highest BCUT2D eigenvalue weighted by molar-refractivity contribution is 5.94. The number of amides is 2. The molecule has 0 unspecified atom stereocenters. The second-order valence-corrected chi connectivity index (χ2v) is 5.09. The van der Waals surface area contributed by atoms with Crippen LogP contribution in [0.5, 0.6) is 0 Å². The number of ether oxygens (including phenoxy) is 1. The Morgan fingerprint density at radius 3 is 2.48 bits per heavy atom. The zero-order valence-electron chi connectivity index (χ0n) is 12.1. The molecule has 0 aliphatic carbocycles. The van der Waals surface area contributed by atoms with Crippen molar-refractivity contribution in [2.24, 2.45) is 5.92 Å². The third kappa shape index (κ3) is 4.84. The van der Waals surface area contributed by atoms with Crippen LogP contribution < -0.4 is 16.0 Å². The maximum Gasteiger partial charge on any atom is 0.250 e. The monoisotopic (exact) mass is 291 g/mol. The number of benzene rings is 1. The molecule has 114 valence electrons. The molecule has 3 N–H and O–H groups in total. The third-order valence-corrected chi connectivity index (χ3v) is 3.38. The molecule has 2 amide bonds. The van der Waals surface area contributed by atoms with Crippen molar-refractivity contribution in [2.45, 2.75) is 12.8 Å². The molecule has 2 rings (SSSR count). The summed E-state index contributed by atoms with van der Waals surface area (Å²) in [6, 6.07) is 7.05. The molecule has 1 aliphatic heterocycles. The molecule has 0 bridgehead atoms. The molecule has 1 aromatic rings. The summed E-state index contributed by atoms with van der Waals surface area (Å²) in [6.45, 7) is 1.74. The number of anilines is 2.